The molecule has 0 aliphatic carbocycles. The van der Waals surface area contributed by atoms with Gasteiger partial charge in [0.2, 0.25) is 0 Å². The van der Waals surface area contributed by atoms with Crippen molar-refractivity contribution in [3.63, 3.8) is 0 Å². The Morgan fingerprint density at radius 2 is 2.06 bits per heavy atom. The maximum Gasteiger partial charge on any atom is 0.269 e. The molecule has 0 amide bonds. The van der Waals surface area contributed by atoms with Crippen LogP contribution in [0.1, 0.15) is 24.8 Å². The van der Waals surface area contributed by atoms with Crippen molar-refractivity contribution in [1.82, 2.24) is 0 Å². The summed E-state index contributed by atoms with van der Waals surface area (Å²) in [7, 11) is 0. The van der Waals surface area contributed by atoms with E-state index in [4.69, 9.17) is 10.4 Å². The molecule has 1 aromatic rings. The summed E-state index contributed by atoms with van der Waals surface area (Å²) in [5.41, 5.74) is 0.763. The Bertz CT molecular complexity index is 422. The van der Waals surface area contributed by atoms with Gasteiger partial charge in [-0.3, -0.25) is 10.1 Å². The van der Waals surface area contributed by atoms with Crippen LogP contribution in [0.3, 0.4) is 0 Å². The fourth-order valence-corrected chi connectivity index (χ4v) is 1.70. The van der Waals surface area contributed by atoms with Gasteiger partial charge in [-0.25, -0.2) is 0 Å². The number of nitriles is 1. The lowest BCUT2D eigenvalue weighted by Crippen LogP contribution is -2.09. The SMILES string of the molecule is C[C@@H](CCO)[C@H](C#N)c1ccc([N+](=O)[O-])cc1. The van der Waals surface area contributed by atoms with Crippen LogP contribution in [0.4, 0.5) is 5.69 Å². The van der Waals surface area contributed by atoms with E-state index in [9.17, 15) is 10.1 Å². The highest BCUT2D eigenvalue weighted by molar-refractivity contribution is 5.36. The predicted octanol–water partition coefficient (Wildman–Crippen LogP) is 2.22. The van der Waals surface area contributed by atoms with Crippen LogP contribution in [-0.4, -0.2) is 16.6 Å². The molecule has 0 aromatic heterocycles. The Kier molecular flexibility index (Phi) is 4.61. The van der Waals surface area contributed by atoms with E-state index in [0.29, 0.717) is 6.42 Å². The zero-order chi connectivity index (χ0) is 12.8. The number of nitrogens with zero attached hydrogens (tertiary/aromatic N) is 2. The van der Waals surface area contributed by atoms with E-state index in [0.717, 1.165) is 5.56 Å². The molecule has 1 aromatic carbocycles. The Morgan fingerprint density at radius 3 is 2.47 bits per heavy atom. The number of rotatable bonds is 5. The Hall–Kier alpha value is -1.93. The molecule has 0 saturated carbocycles. The average molecular weight is 234 g/mol. The molecule has 1 N–H and O–H groups in total. The molecule has 0 radical (unpaired) electrons. The van der Waals surface area contributed by atoms with Crippen molar-refractivity contribution < 1.29 is 10.0 Å². The topological polar surface area (TPSA) is 87.2 Å². The van der Waals surface area contributed by atoms with Gasteiger partial charge in [-0.15, -0.1) is 0 Å². The van der Waals surface area contributed by atoms with E-state index in [2.05, 4.69) is 6.07 Å². The van der Waals surface area contributed by atoms with Crippen molar-refractivity contribution >= 4 is 5.69 Å². The van der Waals surface area contributed by atoms with Crippen molar-refractivity contribution in [2.45, 2.75) is 19.3 Å². The van der Waals surface area contributed by atoms with Crippen molar-refractivity contribution in [3.8, 4) is 6.07 Å². The molecule has 90 valence electrons. The Balaban J connectivity index is 2.90. The molecule has 0 fully saturated rings. The third-order valence-corrected chi connectivity index (χ3v) is 2.76. The Labute approximate surface area is 99.5 Å². The minimum Gasteiger partial charge on any atom is -0.396 e. The van der Waals surface area contributed by atoms with Gasteiger partial charge in [0, 0.05) is 18.7 Å². The molecule has 5 nitrogen and oxygen atoms in total. The molecule has 17 heavy (non-hydrogen) atoms. The largest absolute Gasteiger partial charge is 0.396 e. The normalized spacial score (nSPS) is 13.7. The predicted molar refractivity (Wildman–Crippen MR) is 62.3 cm³/mol. The van der Waals surface area contributed by atoms with Crippen molar-refractivity contribution in [3.05, 3.63) is 39.9 Å². The van der Waals surface area contributed by atoms with Crippen LogP contribution < -0.4 is 0 Å². The first-order chi connectivity index (χ1) is 8.10. The fourth-order valence-electron chi connectivity index (χ4n) is 1.70. The number of non-ortho nitro benzene ring substituents is 1. The third kappa shape index (κ3) is 3.26. The number of hydrogen-bond acceptors (Lipinski definition) is 4. The molecule has 0 aliphatic rings. The van der Waals surface area contributed by atoms with Gasteiger partial charge in [0.1, 0.15) is 0 Å². The highest BCUT2D eigenvalue weighted by Gasteiger charge is 2.19. The Morgan fingerprint density at radius 1 is 1.47 bits per heavy atom. The van der Waals surface area contributed by atoms with E-state index in [1.807, 2.05) is 6.92 Å². The first kappa shape index (κ1) is 13.1. The van der Waals surface area contributed by atoms with Gasteiger partial charge in [0.05, 0.1) is 16.9 Å². The molecule has 5 heteroatoms. The van der Waals surface area contributed by atoms with E-state index < -0.39 is 4.92 Å². The second-order valence-electron chi connectivity index (χ2n) is 3.94. The zero-order valence-electron chi connectivity index (χ0n) is 9.54. The zero-order valence-corrected chi connectivity index (χ0v) is 9.54. The molecule has 0 heterocycles. The third-order valence-electron chi connectivity index (χ3n) is 2.76. The fraction of sp³-hybridized carbons (Fsp3) is 0.417. The lowest BCUT2D eigenvalue weighted by molar-refractivity contribution is -0.384. The minimum atomic E-state index is -0.470. The van der Waals surface area contributed by atoms with Crippen molar-refractivity contribution in [1.29, 1.82) is 5.26 Å². The van der Waals surface area contributed by atoms with Crippen LogP contribution in [0.15, 0.2) is 24.3 Å². The van der Waals surface area contributed by atoms with Gasteiger partial charge in [-0.1, -0.05) is 19.1 Å². The van der Waals surface area contributed by atoms with Crippen LogP contribution in [0.5, 0.6) is 0 Å². The molecule has 0 aliphatic heterocycles. The molecule has 1 rings (SSSR count). The van der Waals surface area contributed by atoms with Gasteiger partial charge >= 0.3 is 0 Å². The lowest BCUT2D eigenvalue weighted by Gasteiger charge is -2.16. The number of nitro groups is 1. The van der Waals surface area contributed by atoms with Crippen molar-refractivity contribution in [2.75, 3.05) is 6.61 Å². The van der Waals surface area contributed by atoms with Gasteiger partial charge in [0.25, 0.3) is 5.69 Å². The number of hydrogen-bond donors (Lipinski definition) is 1. The first-order valence-corrected chi connectivity index (χ1v) is 5.35. The quantitative estimate of drug-likeness (QED) is 0.625. The first-order valence-electron chi connectivity index (χ1n) is 5.35. The second-order valence-corrected chi connectivity index (χ2v) is 3.94. The highest BCUT2D eigenvalue weighted by Crippen LogP contribution is 2.27. The summed E-state index contributed by atoms with van der Waals surface area (Å²) < 4.78 is 0. The van der Waals surface area contributed by atoms with Gasteiger partial charge in [0.15, 0.2) is 0 Å². The van der Waals surface area contributed by atoms with Crippen LogP contribution >= 0.6 is 0 Å². The molecule has 0 spiro atoms. The summed E-state index contributed by atoms with van der Waals surface area (Å²) in [4.78, 5) is 10.0. The molecule has 0 bridgehead atoms. The molecular formula is C12H14N2O3. The number of benzene rings is 1. The summed E-state index contributed by atoms with van der Waals surface area (Å²) in [6.07, 6.45) is 0.537. The molecule has 2 atom stereocenters. The monoisotopic (exact) mass is 234 g/mol. The molecular weight excluding hydrogens is 220 g/mol. The molecule has 0 saturated heterocycles. The van der Waals surface area contributed by atoms with E-state index in [1.165, 1.54) is 12.1 Å². The van der Waals surface area contributed by atoms with Crippen LogP contribution in [0, 0.1) is 27.4 Å². The van der Waals surface area contributed by atoms with Crippen LogP contribution in [0.25, 0.3) is 0 Å². The number of aliphatic hydroxyl groups is 1. The summed E-state index contributed by atoms with van der Waals surface area (Å²) in [6, 6.07) is 8.15. The van der Waals surface area contributed by atoms with E-state index in [1.54, 1.807) is 12.1 Å². The summed E-state index contributed by atoms with van der Waals surface area (Å²) in [5.74, 6) is -0.325. The van der Waals surface area contributed by atoms with Gasteiger partial charge in [-0.05, 0) is 17.9 Å². The minimum absolute atomic E-state index is 0.0141. The maximum atomic E-state index is 10.5. The summed E-state index contributed by atoms with van der Waals surface area (Å²) in [6.45, 7) is 1.91. The summed E-state index contributed by atoms with van der Waals surface area (Å²) in [5, 5.41) is 28.4. The maximum absolute atomic E-state index is 10.5. The van der Waals surface area contributed by atoms with Crippen LogP contribution in [-0.2, 0) is 0 Å². The standard InChI is InChI=1S/C12H14N2O3/c1-9(6-7-15)12(8-13)10-2-4-11(5-3-10)14(16)17/h2-5,9,12,15H,6-7H2,1H3/t9-,12-/m0/s1. The smallest absolute Gasteiger partial charge is 0.269 e. The lowest BCUT2D eigenvalue weighted by atomic mass is 9.86. The van der Waals surface area contributed by atoms with E-state index >= 15 is 0 Å². The van der Waals surface area contributed by atoms with Crippen molar-refractivity contribution in [2.24, 2.45) is 5.92 Å². The highest BCUT2D eigenvalue weighted by atomic mass is 16.6. The number of aliphatic hydroxyl groups excluding tert-OH is 1. The van der Waals surface area contributed by atoms with Gasteiger partial charge < -0.3 is 5.11 Å². The summed E-state index contributed by atoms with van der Waals surface area (Å²) >= 11 is 0. The average Bonchev–Trinajstić information content (AvgIpc) is 2.31. The van der Waals surface area contributed by atoms with Gasteiger partial charge in [-0.2, -0.15) is 5.26 Å². The van der Waals surface area contributed by atoms with Crippen LogP contribution in [0.2, 0.25) is 0 Å². The molecule has 0 unspecified atom stereocenters. The number of nitro benzene ring substituents is 1. The van der Waals surface area contributed by atoms with E-state index in [-0.39, 0.29) is 24.1 Å². The second kappa shape index (κ2) is 5.97.